The first-order valence-corrected chi connectivity index (χ1v) is 43.4. The number of carbonyl (C=O) groups is 3. The van der Waals surface area contributed by atoms with Crippen LogP contribution in [-0.4, -0.2) is 171 Å². The number of rotatable bonds is 20. The van der Waals surface area contributed by atoms with Crippen LogP contribution in [0.5, 0.6) is 0 Å². The Morgan fingerprint density at radius 2 is 1.53 bits per heavy atom. The molecule has 4 N–H and O–H groups in total. The maximum absolute atomic E-state index is 17.5. The normalized spacial score (nSPS) is 25.0. The molecule has 0 radical (unpaired) electrons. The van der Waals surface area contributed by atoms with E-state index in [0.29, 0.717) is 47.4 Å². The monoisotopic (exact) mass is 1410 g/mol. The zero-order chi connectivity index (χ0) is 67.8. The lowest BCUT2D eigenvalue weighted by molar-refractivity contribution is -0.894. The number of hydrogen-bond acceptors (Lipinski definition) is 22. The molecule has 94 heavy (non-hydrogen) atoms. The smallest absolute Gasteiger partial charge is 0.407 e. The summed E-state index contributed by atoms with van der Waals surface area (Å²) in [5.74, 6) is -0.415. The van der Waals surface area contributed by atoms with E-state index in [1.54, 1.807) is 69.0 Å². The van der Waals surface area contributed by atoms with Crippen LogP contribution in [0.2, 0.25) is 43.8 Å². The highest BCUT2D eigenvalue weighted by molar-refractivity contribution is 8.07. The lowest BCUT2D eigenvalue weighted by atomic mass is 10.1. The van der Waals surface area contributed by atoms with Crippen molar-refractivity contribution in [2.45, 2.75) is 154 Å². The highest BCUT2D eigenvalue weighted by atomic mass is 32.5. The number of carbonyl (C=O) groups excluding carboxylic acids is 3. The first kappa shape index (κ1) is 72.6. The zero-order valence-electron chi connectivity index (χ0n) is 54.9. The van der Waals surface area contributed by atoms with Gasteiger partial charge in [-0.15, -0.1) is 0 Å². The van der Waals surface area contributed by atoms with Gasteiger partial charge < -0.3 is 67.0 Å². The third kappa shape index (κ3) is 17.6. The summed E-state index contributed by atoms with van der Waals surface area (Å²) < 4.78 is 78.4. The summed E-state index contributed by atoms with van der Waals surface area (Å²) in [5.41, 5.74) is 2.13. The summed E-state index contributed by atoms with van der Waals surface area (Å²) in [6.45, 7) is 17.7. The number of quaternary nitrogens is 1. The minimum atomic E-state index is -4.69. The predicted octanol–water partition coefficient (Wildman–Crippen LogP) is 8.60. The number of alkyl halides is 1. The number of aryl methyl sites for hydroxylation is 1. The van der Waals surface area contributed by atoms with Crippen LogP contribution in [0.1, 0.15) is 93.1 Å². The number of anilines is 3. The van der Waals surface area contributed by atoms with Crippen molar-refractivity contribution in [1.29, 1.82) is 5.26 Å². The van der Waals surface area contributed by atoms with E-state index in [9.17, 15) is 24.5 Å². The maximum atomic E-state index is 17.5. The Bertz CT molecular complexity index is 3750. The number of nitrogens with one attached hydrogen (secondary N) is 4. The van der Waals surface area contributed by atoms with E-state index in [4.69, 9.17) is 74.8 Å². The number of fused-ring (bicyclic) bond motifs is 4. The molecule has 510 valence electrons. The Hall–Kier alpha value is -5.63. The van der Waals surface area contributed by atoms with Gasteiger partial charge in [0.1, 0.15) is 55.0 Å². The zero-order valence-corrected chi connectivity index (χ0v) is 60.4. The third-order valence-corrected chi connectivity index (χ3v) is 27.1. The van der Waals surface area contributed by atoms with E-state index >= 15 is 4.39 Å². The predicted molar refractivity (Wildman–Crippen MR) is 363 cm³/mol. The van der Waals surface area contributed by atoms with Gasteiger partial charge in [-0.25, -0.2) is 24.1 Å². The second-order valence-corrected chi connectivity index (χ2v) is 41.9. The van der Waals surface area contributed by atoms with Crippen molar-refractivity contribution in [2.75, 3.05) is 81.2 Å². The molecule has 10 rings (SSSR count). The van der Waals surface area contributed by atoms with Gasteiger partial charge in [-0.1, -0.05) is 88.6 Å². The van der Waals surface area contributed by atoms with Crippen LogP contribution in [0.4, 0.5) is 26.8 Å². The molecule has 3 saturated heterocycles. The number of imidazole rings is 1. The van der Waals surface area contributed by atoms with Crippen LogP contribution < -0.4 is 30.6 Å². The first-order valence-electron chi connectivity index (χ1n) is 31.7. The van der Waals surface area contributed by atoms with Crippen LogP contribution in [-0.2, 0) is 71.3 Å². The van der Waals surface area contributed by atoms with Crippen LogP contribution in [0.15, 0.2) is 79.5 Å². The number of aromatic nitrogens is 7. The lowest BCUT2D eigenvalue weighted by Crippen LogP contribution is -3.11. The van der Waals surface area contributed by atoms with Crippen LogP contribution in [0.3, 0.4) is 0 Å². The van der Waals surface area contributed by atoms with Gasteiger partial charge in [-0.2, -0.15) is 15.2 Å². The summed E-state index contributed by atoms with van der Waals surface area (Å²) in [6.07, 6.45) is -6.74. The Morgan fingerprint density at radius 1 is 0.851 bits per heavy atom. The molecule has 4 aliphatic heterocycles. The highest BCUT2D eigenvalue weighted by Gasteiger charge is 2.55. The molecule has 2 aromatic carbocycles. The van der Waals surface area contributed by atoms with Gasteiger partial charge in [0.15, 0.2) is 43.9 Å². The molecule has 0 saturated carbocycles. The fraction of sp³-hybridized carbons (Fsp3) is 0.557. The van der Waals surface area contributed by atoms with Gasteiger partial charge in [0.25, 0.3) is 11.8 Å². The van der Waals surface area contributed by atoms with E-state index in [0.717, 1.165) is 11.6 Å². The van der Waals surface area contributed by atoms with E-state index in [2.05, 4.69) is 92.1 Å². The van der Waals surface area contributed by atoms with E-state index in [1.807, 2.05) is 31.4 Å². The molecule has 8 heterocycles. The minimum Gasteiger partial charge on any atom is -0.780 e. The molecule has 26 nitrogen and oxygen atoms in total. The second-order valence-electron chi connectivity index (χ2n) is 25.8. The van der Waals surface area contributed by atoms with Crippen molar-refractivity contribution >= 4 is 111 Å². The number of alkyl carbamates (subject to hydrolysis) is 1. The molecule has 33 heteroatoms. The fourth-order valence-electron chi connectivity index (χ4n) is 10.8. The molecule has 3 fully saturated rings. The van der Waals surface area contributed by atoms with Gasteiger partial charge in [0.05, 0.1) is 70.3 Å². The van der Waals surface area contributed by atoms with Gasteiger partial charge in [-0.05, 0) is 99.4 Å². The number of nitriles is 1. The van der Waals surface area contributed by atoms with Crippen LogP contribution in [0, 0.1) is 11.3 Å². The highest BCUT2D eigenvalue weighted by Crippen LogP contribution is 2.57. The molecular weight excluding hydrogens is 1320 g/mol. The van der Waals surface area contributed by atoms with Crippen LogP contribution in [0.25, 0.3) is 22.2 Å². The van der Waals surface area contributed by atoms with Crippen molar-refractivity contribution in [3.8, 4) is 6.07 Å². The van der Waals surface area contributed by atoms with E-state index in [1.165, 1.54) is 36.9 Å². The topological polar surface area (TPSA) is 299 Å². The number of ether oxygens (including phenoxy) is 3. The molecule has 3 amide bonds. The van der Waals surface area contributed by atoms with Crippen molar-refractivity contribution in [1.82, 2.24) is 39.4 Å². The van der Waals surface area contributed by atoms with Gasteiger partial charge in [0.2, 0.25) is 5.95 Å². The Kier molecular flexibility index (Phi) is 24.2. The van der Waals surface area contributed by atoms with Crippen molar-refractivity contribution in [2.24, 2.45) is 0 Å². The minimum absolute atomic E-state index is 0.0144. The average molecular weight is 1410 g/mol. The van der Waals surface area contributed by atoms with Crippen molar-refractivity contribution < 1.29 is 69.8 Å². The van der Waals surface area contributed by atoms with Crippen molar-refractivity contribution in [3.05, 3.63) is 96.2 Å². The summed E-state index contributed by atoms with van der Waals surface area (Å²) in [5, 5.41) is 18.5. The summed E-state index contributed by atoms with van der Waals surface area (Å²) in [4.78, 5) is 81.9. The summed E-state index contributed by atoms with van der Waals surface area (Å²) in [7, 11) is -4.30. The van der Waals surface area contributed by atoms with E-state index in [-0.39, 0.29) is 61.6 Å². The maximum Gasteiger partial charge on any atom is 0.407 e. The van der Waals surface area contributed by atoms with Gasteiger partial charge in [-0.3, -0.25) is 23.6 Å². The number of nitrogens with zero attached hydrogens (tertiary/aromatic N) is 9. The Labute approximate surface area is 559 Å². The third-order valence-electron chi connectivity index (χ3n) is 17.1. The second kappa shape index (κ2) is 31.3. The van der Waals surface area contributed by atoms with Gasteiger partial charge in [0, 0.05) is 45.0 Å². The molecule has 4 aliphatic rings. The fourth-order valence-corrected chi connectivity index (χ4v) is 16.3. The molecule has 2 bridgehead atoms. The summed E-state index contributed by atoms with van der Waals surface area (Å²) in [6, 6.07) is 20.2. The van der Waals surface area contributed by atoms with Gasteiger partial charge >= 0.3 is 12.8 Å². The van der Waals surface area contributed by atoms with E-state index < -0.39 is 109 Å². The molecule has 0 aliphatic carbocycles. The molecule has 0 spiro atoms. The average Bonchev–Trinajstić information content (AvgIpc) is 1.59. The first-order chi connectivity index (χ1) is 44.7. The molecule has 2 unspecified atom stereocenters. The van der Waals surface area contributed by atoms with Crippen molar-refractivity contribution in [3.63, 3.8) is 0 Å². The molecule has 4 aromatic heterocycles. The largest absolute Gasteiger partial charge is 0.780 e. The number of hydrogen-bond donors (Lipinski definition) is 4. The molecule has 10 atom stereocenters. The standard InChI is InChI=1S/C55H71FN12O13P2S2Si2.C6H15N/c1-55(2,3)87(7,8)81-44-42-38(78-52(44)67-29-36-21-15-25-66(46-39(36)47(67)61-32-60-46)50(70)35-19-13-10-14-20-35)31-76-83(85,74-26-16-22-57)80-43-40(56)37(30-75-82(72,84)79-42)77-51(43)68-33-62-41-45(63-49(69)34-17-11-9-12-18-34)64-53(65-48(41)68)58-23-24-59-54(71)73-27-28-86(4,5)6;1-4-7(5-2)6-3/h9-14,17-20,29,32-33,37-38,40,42-44,51-52H,15-16,21,23-28,30-31H2,1-8H3,(H,59,71)(H,72,84)(H2,58,63,64,65,69);4-6H2,1-3H3/t37-,38-,40-,42-,43-,44-,51-,52-,82?,83?;/m1./s1. The van der Waals surface area contributed by atoms with Crippen LogP contribution >= 0.6 is 13.4 Å². The number of halogens is 1. The SMILES string of the molecule is CC(C)(C)[Si](C)(C)O[C@@H]1[C@@H]2OP([O-])(=S)OC[C@H]3O[C@@H](n4cnc5c(NC(=O)c6ccccc6)nc(NCCNC(=O)OCC[Si](C)(C)C)nc54)[C@H](OP(=S)(OCCC#N)OC[C@H]2O[C@H]1n1cc2c4c(ncnc41)N(C(=O)c1ccccc1)CCC2)[C@@H]3F.CC[NH+](CC)CC. The quantitative estimate of drug-likeness (QED) is 0.0316. The number of amides is 3. The Balaban J connectivity index is 0.00000141. The molecule has 6 aromatic rings. The summed E-state index contributed by atoms with van der Waals surface area (Å²) >= 11 is 11.8. The lowest BCUT2D eigenvalue weighted by Gasteiger charge is -2.42. The Morgan fingerprint density at radius 3 is 2.19 bits per heavy atom. The number of benzene rings is 2. The molecular formula is C61H86FN13O13P2S2Si2.